The van der Waals surface area contributed by atoms with Gasteiger partial charge in [0.25, 0.3) is 0 Å². The van der Waals surface area contributed by atoms with Crippen LogP contribution in [0.5, 0.6) is 11.5 Å². The normalized spacial score (nSPS) is 11.0. The van der Waals surface area contributed by atoms with Crippen LogP contribution in [0, 0.1) is 3.57 Å². The summed E-state index contributed by atoms with van der Waals surface area (Å²) in [5, 5.41) is 19.7. The van der Waals surface area contributed by atoms with E-state index in [0.29, 0.717) is 16.3 Å². The van der Waals surface area contributed by atoms with Gasteiger partial charge in [-0.05, 0) is 59.0 Å². The zero-order valence-electron chi connectivity index (χ0n) is 9.14. The standard InChI is InChI=1S/C13H9ClINO2/c14-9-1-3-13(18)11(6-9)16-7-8-5-10(15)2-4-12(8)17/h1-7,17-18H. The van der Waals surface area contributed by atoms with Crippen molar-refractivity contribution in [3.8, 4) is 11.5 Å². The molecule has 0 fully saturated rings. The minimum atomic E-state index is 0.0424. The van der Waals surface area contributed by atoms with Crippen molar-refractivity contribution in [2.45, 2.75) is 0 Å². The molecule has 0 atom stereocenters. The maximum atomic E-state index is 9.65. The van der Waals surface area contributed by atoms with Gasteiger partial charge in [-0.2, -0.15) is 0 Å². The molecule has 0 unspecified atom stereocenters. The Morgan fingerprint density at radius 1 is 1.06 bits per heavy atom. The Morgan fingerprint density at radius 2 is 1.78 bits per heavy atom. The maximum Gasteiger partial charge on any atom is 0.141 e. The van der Waals surface area contributed by atoms with Gasteiger partial charge >= 0.3 is 0 Å². The Kier molecular flexibility index (Phi) is 4.08. The van der Waals surface area contributed by atoms with Crippen molar-refractivity contribution in [2.24, 2.45) is 4.99 Å². The average Bonchev–Trinajstić information content (AvgIpc) is 2.34. The van der Waals surface area contributed by atoms with Crippen LogP contribution in [0.2, 0.25) is 5.02 Å². The van der Waals surface area contributed by atoms with E-state index in [-0.39, 0.29) is 11.5 Å². The van der Waals surface area contributed by atoms with Crippen molar-refractivity contribution >= 4 is 46.1 Å². The van der Waals surface area contributed by atoms with Crippen molar-refractivity contribution in [3.05, 3.63) is 50.6 Å². The van der Waals surface area contributed by atoms with E-state index >= 15 is 0 Å². The molecule has 0 amide bonds. The van der Waals surface area contributed by atoms with Gasteiger partial charge in [-0.1, -0.05) is 11.6 Å². The fourth-order valence-corrected chi connectivity index (χ4v) is 2.05. The first-order valence-corrected chi connectivity index (χ1v) is 6.53. The SMILES string of the molecule is Oc1ccc(I)cc1C=Nc1cc(Cl)ccc1O. The monoisotopic (exact) mass is 373 g/mol. The van der Waals surface area contributed by atoms with Gasteiger partial charge in [0, 0.05) is 20.4 Å². The summed E-state index contributed by atoms with van der Waals surface area (Å²) in [6, 6.07) is 9.80. The van der Waals surface area contributed by atoms with Crippen LogP contribution in [0.15, 0.2) is 41.4 Å². The van der Waals surface area contributed by atoms with Gasteiger partial charge in [0.15, 0.2) is 0 Å². The summed E-state index contributed by atoms with van der Waals surface area (Å²) in [6.07, 6.45) is 1.49. The highest BCUT2D eigenvalue weighted by atomic mass is 127. The lowest BCUT2D eigenvalue weighted by Gasteiger charge is -2.01. The number of aromatic hydroxyl groups is 2. The largest absolute Gasteiger partial charge is 0.507 e. The van der Waals surface area contributed by atoms with Crippen LogP contribution in [0.4, 0.5) is 5.69 Å². The molecule has 3 nitrogen and oxygen atoms in total. The molecule has 0 spiro atoms. The number of phenolic OH excluding ortho intramolecular Hbond substituents is 2. The Morgan fingerprint density at radius 3 is 2.56 bits per heavy atom. The molecule has 2 aromatic rings. The van der Waals surface area contributed by atoms with Gasteiger partial charge in [-0.15, -0.1) is 0 Å². The Bertz CT molecular complexity index is 560. The first kappa shape index (κ1) is 13.2. The fourth-order valence-electron chi connectivity index (χ4n) is 1.37. The Labute approximate surface area is 123 Å². The summed E-state index contributed by atoms with van der Waals surface area (Å²) < 4.78 is 0.988. The van der Waals surface area contributed by atoms with Crippen LogP contribution in [-0.4, -0.2) is 16.4 Å². The van der Waals surface area contributed by atoms with Crippen LogP contribution in [0.1, 0.15) is 5.56 Å². The summed E-state index contributed by atoms with van der Waals surface area (Å²) in [4.78, 5) is 4.12. The molecular weight excluding hydrogens is 365 g/mol. The Balaban J connectivity index is 2.35. The number of phenols is 2. The molecule has 0 aromatic heterocycles. The van der Waals surface area contributed by atoms with Crippen molar-refractivity contribution in [3.63, 3.8) is 0 Å². The van der Waals surface area contributed by atoms with Crippen LogP contribution in [-0.2, 0) is 0 Å². The van der Waals surface area contributed by atoms with E-state index in [1.54, 1.807) is 30.3 Å². The molecule has 0 aliphatic carbocycles. The highest BCUT2D eigenvalue weighted by molar-refractivity contribution is 14.1. The first-order valence-electron chi connectivity index (χ1n) is 5.07. The second-order valence-electron chi connectivity index (χ2n) is 3.59. The molecule has 92 valence electrons. The average molecular weight is 374 g/mol. The molecule has 2 aromatic carbocycles. The number of nitrogens with zero attached hydrogens (tertiary/aromatic N) is 1. The molecule has 2 rings (SSSR count). The van der Waals surface area contributed by atoms with Crippen LogP contribution >= 0.6 is 34.2 Å². The molecule has 0 bridgehead atoms. The molecule has 18 heavy (non-hydrogen) atoms. The molecule has 0 radical (unpaired) electrons. The summed E-state index contributed by atoms with van der Waals surface area (Å²) in [5.41, 5.74) is 0.946. The van der Waals surface area contributed by atoms with E-state index < -0.39 is 0 Å². The second kappa shape index (κ2) is 5.58. The molecule has 0 saturated carbocycles. The molecule has 5 heteroatoms. The lowest BCUT2D eigenvalue weighted by atomic mass is 10.2. The lowest BCUT2D eigenvalue weighted by Crippen LogP contribution is -1.83. The van der Waals surface area contributed by atoms with Crippen molar-refractivity contribution in [2.75, 3.05) is 0 Å². The van der Waals surface area contributed by atoms with Gasteiger partial charge in [-0.3, -0.25) is 4.99 Å². The number of halogens is 2. The quantitative estimate of drug-likeness (QED) is 0.615. The van der Waals surface area contributed by atoms with E-state index in [2.05, 4.69) is 27.6 Å². The second-order valence-corrected chi connectivity index (χ2v) is 5.28. The molecule has 0 saturated heterocycles. The highest BCUT2D eigenvalue weighted by Gasteiger charge is 2.02. The highest BCUT2D eigenvalue weighted by Crippen LogP contribution is 2.29. The van der Waals surface area contributed by atoms with Gasteiger partial charge < -0.3 is 10.2 Å². The van der Waals surface area contributed by atoms with Gasteiger partial charge in [0.05, 0.1) is 0 Å². The zero-order valence-corrected chi connectivity index (χ0v) is 12.1. The summed E-state index contributed by atoms with van der Waals surface area (Å²) in [6.45, 7) is 0. The van der Waals surface area contributed by atoms with Crippen LogP contribution in [0.3, 0.4) is 0 Å². The maximum absolute atomic E-state index is 9.65. The molecular formula is C13H9ClINO2. The van der Waals surface area contributed by atoms with E-state index in [0.717, 1.165) is 3.57 Å². The first-order chi connectivity index (χ1) is 8.56. The zero-order chi connectivity index (χ0) is 13.1. The number of rotatable bonds is 2. The van der Waals surface area contributed by atoms with E-state index in [4.69, 9.17) is 11.6 Å². The summed E-state index contributed by atoms with van der Waals surface area (Å²) in [5.74, 6) is 0.182. The minimum Gasteiger partial charge on any atom is -0.507 e. The number of hydrogen-bond acceptors (Lipinski definition) is 3. The van der Waals surface area contributed by atoms with Crippen LogP contribution in [0.25, 0.3) is 0 Å². The summed E-state index contributed by atoms with van der Waals surface area (Å²) in [7, 11) is 0. The van der Waals surface area contributed by atoms with E-state index in [9.17, 15) is 10.2 Å². The number of hydrogen-bond donors (Lipinski definition) is 2. The van der Waals surface area contributed by atoms with E-state index in [1.807, 2.05) is 0 Å². The summed E-state index contributed by atoms with van der Waals surface area (Å²) >= 11 is 7.96. The predicted molar refractivity (Wildman–Crippen MR) is 81.2 cm³/mol. The van der Waals surface area contributed by atoms with Gasteiger partial charge in [0.1, 0.15) is 17.2 Å². The third-order valence-corrected chi connectivity index (χ3v) is 3.18. The third kappa shape index (κ3) is 3.14. The number of aliphatic imine (C=N–C) groups is 1. The van der Waals surface area contributed by atoms with Gasteiger partial charge in [-0.25, -0.2) is 0 Å². The topological polar surface area (TPSA) is 52.8 Å². The number of benzene rings is 2. The van der Waals surface area contributed by atoms with Gasteiger partial charge in [0.2, 0.25) is 0 Å². The lowest BCUT2D eigenvalue weighted by molar-refractivity contribution is 0.474. The fraction of sp³-hybridized carbons (Fsp3) is 0. The Hall–Kier alpha value is -1.27. The van der Waals surface area contributed by atoms with Crippen molar-refractivity contribution in [1.82, 2.24) is 0 Å². The van der Waals surface area contributed by atoms with E-state index in [1.165, 1.54) is 12.3 Å². The van der Waals surface area contributed by atoms with Crippen molar-refractivity contribution in [1.29, 1.82) is 0 Å². The molecule has 2 N–H and O–H groups in total. The molecule has 0 aliphatic heterocycles. The molecule has 0 heterocycles. The minimum absolute atomic E-state index is 0.0424. The third-order valence-electron chi connectivity index (χ3n) is 2.27. The predicted octanol–water partition coefficient (Wildman–Crippen LogP) is 4.11. The molecule has 0 aliphatic rings. The smallest absolute Gasteiger partial charge is 0.141 e. The van der Waals surface area contributed by atoms with Crippen molar-refractivity contribution < 1.29 is 10.2 Å². The van der Waals surface area contributed by atoms with Crippen LogP contribution < -0.4 is 0 Å².